The highest BCUT2D eigenvalue weighted by molar-refractivity contribution is 5.84. The summed E-state index contributed by atoms with van der Waals surface area (Å²) in [5, 5.41) is 2.73. The summed E-state index contributed by atoms with van der Waals surface area (Å²) in [5.41, 5.74) is 3.07. The number of rotatable bonds is 4. The Morgan fingerprint density at radius 3 is 2.76 bits per heavy atom. The van der Waals surface area contributed by atoms with Crippen molar-refractivity contribution in [1.29, 1.82) is 0 Å². The quantitative estimate of drug-likeness (QED) is 0.623. The van der Waals surface area contributed by atoms with E-state index in [0.717, 1.165) is 13.0 Å². The van der Waals surface area contributed by atoms with Gasteiger partial charge in [-0.1, -0.05) is 32.8 Å². The predicted molar refractivity (Wildman–Crippen MR) is 113 cm³/mol. The Labute approximate surface area is 174 Å². The standard InChI is InChI=1S/C24H34N2O3/c1-15(2)22(25-16(3)27)23(28)29-18-9-8-17-13-21-19-7-5-6-10-24(19,20(17)14-18)11-12-26(21)4/h8-9,14-15,19,21-22H,5-7,10-13H2,1-4H3,(H,25,27)/t19-,21?,22?,24+/m1/s1. The maximum absolute atomic E-state index is 12.8. The van der Waals surface area contributed by atoms with Gasteiger partial charge in [-0.05, 0) is 74.4 Å². The van der Waals surface area contributed by atoms with E-state index in [2.05, 4.69) is 29.4 Å². The second-order valence-corrected chi connectivity index (χ2v) is 9.67. The summed E-state index contributed by atoms with van der Waals surface area (Å²) in [6.45, 7) is 6.40. The van der Waals surface area contributed by atoms with Crippen molar-refractivity contribution in [2.75, 3.05) is 13.6 Å². The van der Waals surface area contributed by atoms with E-state index in [1.54, 1.807) is 0 Å². The van der Waals surface area contributed by atoms with Crippen LogP contribution in [0.2, 0.25) is 0 Å². The molecule has 1 aromatic rings. The van der Waals surface area contributed by atoms with E-state index in [1.807, 2.05) is 19.9 Å². The first-order valence-corrected chi connectivity index (χ1v) is 11.1. The van der Waals surface area contributed by atoms with E-state index in [0.29, 0.717) is 17.7 Å². The van der Waals surface area contributed by atoms with Crippen LogP contribution in [-0.4, -0.2) is 42.5 Å². The van der Waals surface area contributed by atoms with Gasteiger partial charge in [-0.15, -0.1) is 0 Å². The van der Waals surface area contributed by atoms with Gasteiger partial charge < -0.3 is 15.0 Å². The molecule has 2 aliphatic carbocycles. The number of hydrogen-bond donors (Lipinski definition) is 1. The molecule has 0 aromatic heterocycles. The number of esters is 1. The lowest BCUT2D eigenvalue weighted by atomic mass is 9.52. The molecule has 29 heavy (non-hydrogen) atoms. The molecule has 1 N–H and O–H groups in total. The third kappa shape index (κ3) is 3.58. The fourth-order valence-electron chi connectivity index (χ4n) is 6.14. The number of nitrogens with zero attached hydrogens (tertiary/aromatic N) is 1. The van der Waals surface area contributed by atoms with Crippen LogP contribution in [0.1, 0.15) is 64.0 Å². The number of likely N-dealkylation sites (N-methyl/N-ethyl adjacent to an activating group) is 1. The molecule has 1 saturated heterocycles. The zero-order valence-electron chi connectivity index (χ0n) is 18.2. The second-order valence-electron chi connectivity index (χ2n) is 9.67. The highest BCUT2D eigenvalue weighted by Gasteiger charge is 2.53. The number of nitrogens with one attached hydrogen (secondary N) is 1. The lowest BCUT2D eigenvalue weighted by molar-refractivity contribution is -0.140. The maximum atomic E-state index is 12.8. The van der Waals surface area contributed by atoms with Gasteiger partial charge in [0.1, 0.15) is 11.8 Å². The SMILES string of the molecule is CC(=O)NC(C(=O)Oc1ccc2c(c1)[C@]13CCCC[C@@H]1C(C2)N(C)CC3)C(C)C. The second kappa shape index (κ2) is 7.75. The molecule has 0 spiro atoms. The number of carbonyl (C=O) groups is 2. The van der Waals surface area contributed by atoms with Crippen LogP contribution in [0.5, 0.6) is 5.75 Å². The number of carbonyl (C=O) groups excluding carboxylic acids is 2. The molecule has 4 rings (SSSR count). The predicted octanol–water partition coefficient (Wildman–Crippen LogP) is 3.44. The van der Waals surface area contributed by atoms with Crippen LogP contribution in [0.15, 0.2) is 18.2 Å². The van der Waals surface area contributed by atoms with E-state index in [-0.39, 0.29) is 23.2 Å². The van der Waals surface area contributed by atoms with Crippen LogP contribution in [0.3, 0.4) is 0 Å². The average Bonchev–Trinajstić information content (AvgIpc) is 2.69. The highest BCUT2D eigenvalue weighted by Crippen LogP contribution is 2.55. The van der Waals surface area contributed by atoms with Crippen molar-refractivity contribution in [3.63, 3.8) is 0 Å². The van der Waals surface area contributed by atoms with E-state index in [9.17, 15) is 9.59 Å². The van der Waals surface area contributed by atoms with Crippen molar-refractivity contribution < 1.29 is 14.3 Å². The Morgan fingerprint density at radius 1 is 1.24 bits per heavy atom. The van der Waals surface area contributed by atoms with Crippen LogP contribution in [0.4, 0.5) is 0 Å². The van der Waals surface area contributed by atoms with Crippen molar-refractivity contribution >= 4 is 11.9 Å². The lowest BCUT2D eigenvalue weighted by Crippen LogP contribution is -2.59. The topological polar surface area (TPSA) is 58.6 Å². The Morgan fingerprint density at radius 2 is 2.03 bits per heavy atom. The third-order valence-corrected chi connectivity index (χ3v) is 7.58. The van der Waals surface area contributed by atoms with E-state index >= 15 is 0 Å². The first kappa shape index (κ1) is 20.4. The summed E-state index contributed by atoms with van der Waals surface area (Å²) in [6, 6.07) is 6.24. The van der Waals surface area contributed by atoms with Gasteiger partial charge in [0.15, 0.2) is 0 Å². The van der Waals surface area contributed by atoms with Crippen LogP contribution in [0.25, 0.3) is 0 Å². The minimum absolute atomic E-state index is 0.0278. The summed E-state index contributed by atoms with van der Waals surface area (Å²) in [4.78, 5) is 26.8. The summed E-state index contributed by atoms with van der Waals surface area (Å²) >= 11 is 0. The summed E-state index contributed by atoms with van der Waals surface area (Å²) in [6.07, 6.45) is 7.44. The monoisotopic (exact) mass is 398 g/mol. The molecule has 4 atom stereocenters. The number of benzene rings is 1. The molecule has 2 unspecified atom stereocenters. The maximum Gasteiger partial charge on any atom is 0.334 e. The highest BCUT2D eigenvalue weighted by atomic mass is 16.5. The molecule has 1 amide bonds. The molecule has 2 bridgehead atoms. The first-order chi connectivity index (χ1) is 13.8. The number of likely N-dealkylation sites (tertiary alicyclic amines) is 1. The van der Waals surface area contributed by atoms with Gasteiger partial charge in [0.05, 0.1) is 0 Å². The zero-order chi connectivity index (χ0) is 20.8. The first-order valence-electron chi connectivity index (χ1n) is 11.1. The number of hydrogen-bond acceptors (Lipinski definition) is 4. The van der Waals surface area contributed by atoms with Gasteiger partial charge >= 0.3 is 5.97 Å². The average molecular weight is 399 g/mol. The minimum Gasteiger partial charge on any atom is -0.425 e. The fourth-order valence-corrected chi connectivity index (χ4v) is 6.14. The molecular weight excluding hydrogens is 364 g/mol. The number of fused-ring (bicyclic) bond motifs is 1. The normalized spacial score (nSPS) is 29.6. The van der Waals surface area contributed by atoms with Crippen molar-refractivity contribution in [1.82, 2.24) is 10.2 Å². The Bertz CT molecular complexity index is 805. The molecule has 5 nitrogen and oxygen atoms in total. The van der Waals surface area contributed by atoms with Crippen LogP contribution >= 0.6 is 0 Å². The molecule has 5 heteroatoms. The summed E-state index contributed by atoms with van der Waals surface area (Å²) in [7, 11) is 2.28. The molecular formula is C24H34N2O3. The van der Waals surface area contributed by atoms with Crippen molar-refractivity contribution in [2.24, 2.45) is 11.8 Å². The Hall–Kier alpha value is -1.88. The van der Waals surface area contributed by atoms with Crippen LogP contribution in [-0.2, 0) is 21.4 Å². The van der Waals surface area contributed by atoms with Crippen molar-refractivity contribution in [3.05, 3.63) is 29.3 Å². The largest absolute Gasteiger partial charge is 0.425 e. The van der Waals surface area contributed by atoms with Crippen molar-refractivity contribution in [3.8, 4) is 5.75 Å². The molecule has 1 aromatic carbocycles. The summed E-state index contributed by atoms with van der Waals surface area (Å²) < 4.78 is 5.78. The van der Waals surface area contributed by atoms with Crippen LogP contribution < -0.4 is 10.1 Å². The Balaban J connectivity index is 1.63. The third-order valence-electron chi connectivity index (χ3n) is 7.58. The molecule has 1 aliphatic heterocycles. The Kier molecular flexibility index (Phi) is 5.45. The number of ether oxygens (including phenoxy) is 1. The van der Waals surface area contributed by atoms with E-state index < -0.39 is 6.04 Å². The zero-order valence-corrected chi connectivity index (χ0v) is 18.2. The van der Waals surface area contributed by atoms with Gasteiger partial charge in [0.2, 0.25) is 5.91 Å². The van der Waals surface area contributed by atoms with Gasteiger partial charge in [-0.3, -0.25) is 4.79 Å². The fraction of sp³-hybridized carbons (Fsp3) is 0.667. The lowest BCUT2D eigenvalue weighted by Gasteiger charge is -2.58. The molecule has 3 aliphatic rings. The van der Waals surface area contributed by atoms with Crippen molar-refractivity contribution in [2.45, 2.75) is 76.8 Å². The molecule has 1 heterocycles. The van der Waals surface area contributed by atoms with Gasteiger partial charge in [0, 0.05) is 18.4 Å². The molecule has 1 saturated carbocycles. The molecule has 0 radical (unpaired) electrons. The van der Waals surface area contributed by atoms with E-state index in [4.69, 9.17) is 4.74 Å². The summed E-state index contributed by atoms with van der Waals surface area (Å²) in [5.74, 6) is 0.689. The molecule has 2 fully saturated rings. The van der Waals surface area contributed by atoms with Gasteiger partial charge in [-0.25, -0.2) is 4.79 Å². The minimum atomic E-state index is -0.628. The number of piperidine rings is 1. The molecule has 158 valence electrons. The van der Waals surface area contributed by atoms with E-state index in [1.165, 1.54) is 50.2 Å². The number of amides is 1. The van der Waals surface area contributed by atoms with Gasteiger partial charge in [0.25, 0.3) is 0 Å². The van der Waals surface area contributed by atoms with Crippen LogP contribution in [0, 0.1) is 11.8 Å². The smallest absolute Gasteiger partial charge is 0.334 e. The van der Waals surface area contributed by atoms with Gasteiger partial charge in [-0.2, -0.15) is 0 Å².